The highest BCUT2D eigenvalue weighted by Crippen LogP contribution is 2.15. The Balaban J connectivity index is 2.02. The van der Waals surface area contributed by atoms with Crippen LogP contribution in [0.1, 0.15) is 5.56 Å². The number of nitrogens with zero attached hydrogens (tertiary/aromatic N) is 3. The first-order valence-corrected chi connectivity index (χ1v) is 9.76. The molecule has 0 spiro atoms. The van der Waals surface area contributed by atoms with Crippen LogP contribution in [0, 0.1) is 5.92 Å². The summed E-state index contributed by atoms with van der Waals surface area (Å²) in [6.07, 6.45) is 0.973. The predicted octanol–water partition coefficient (Wildman–Crippen LogP) is 0.916. The number of methoxy groups -OCH3 is 1. The van der Waals surface area contributed by atoms with Gasteiger partial charge >= 0.3 is 0 Å². The van der Waals surface area contributed by atoms with Gasteiger partial charge in [0.2, 0.25) is 0 Å². The molecular formula is C17H29N3O3S. The van der Waals surface area contributed by atoms with E-state index in [9.17, 15) is 8.42 Å². The van der Waals surface area contributed by atoms with Crippen LogP contribution in [0.15, 0.2) is 30.3 Å². The zero-order valence-electron chi connectivity index (χ0n) is 14.9. The molecule has 1 aliphatic rings. The monoisotopic (exact) mass is 355 g/mol. The first kappa shape index (κ1) is 19.3. The third-order valence-corrected chi connectivity index (χ3v) is 6.30. The van der Waals surface area contributed by atoms with Crippen LogP contribution in [0.3, 0.4) is 0 Å². The maximum Gasteiger partial charge on any atom is 0.281 e. The van der Waals surface area contributed by atoms with Gasteiger partial charge in [-0.3, -0.25) is 0 Å². The zero-order chi connectivity index (χ0) is 17.6. The van der Waals surface area contributed by atoms with Gasteiger partial charge in [-0.15, -0.1) is 0 Å². The summed E-state index contributed by atoms with van der Waals surface area (Å²) in [4.78, 5) is 2.35. The first-order chi connectivity index (χ1) is 11.4. The summed E-state index contributed by atoms with van der Waals surface area (Å²) in [6.45, 7) is 4.15. The van der Waals surface area contributed by atoms with Crippen molar-refractivity contribution in [2.45, 2.75) is 6.42 Å². The second-order valence-corrected chi connectivity index (χ2v) is 8.65. The second-order valence-electron chi connectivity index (χ2n) is 6.51. The molecule has 24 heavy (non-hydrogen) atoms. The van der Waals surface area contributed by atoms with E-state index < -0.39 is 10.2 Å². The molecule has 0 radical (unpaired) electrons. The molecule has 1 aromatic carbocycles. The fraction of sp³-hybridized carbons (Fsp3) is 0.647. The number of ether oxygens (including phenoxy) is 1. The molecule has 1 aromatic rings. The molecule has 0 saturated carbocycles. The van der Waals surface area contributed by atoms with Crippen molar-refractivity contribution in [3.05, 3.63) is 35.9 Å². The highest BCUT2D eigenvalue weighted by molar-refractivity contribution is 7.86. The third kappa shape index (κ3) is 5.26. The lowest BCUT2D eigenvalue weighted by Crippen LogP contribution is -2.43. The van der Waals surface area contributed by atoms with E-state index in [1.807, 2.05) is 6.07 Å². The van der Waals surface area contributed by atoms with Gasteiger partial charge in [-0.2, -0.15) is 17.0 Å². The fourth-order valence-electron chi connectivity index (χ4n) is 3.06. The van der Waals surface area contributed by atoms with E-state index in [0.717, 1.165) is 26.1 Å². The van der Waals surface area contributed by atoms with Crippen LogP contribution in [-0.2, 0) is 21.4 Å². The summed E-state index contributed by atoms with van der Waals surface area (Å²) in [5.74, 6) is 0.183. The number of hydrogen-bond donors (Lipinski definition) is 0. The zero-order valence-corrected chi connectivity index (χ0v) is 15.7. The molecule has 1 saturated heterocycles. The van der Waals surface area contributed by atoms with Crippen molar-refractivity contribution in [2.75, 3.05) is 60.5 Å². The molecule has 1 aliphatic heterocycles. The topological polar surface area (TPSA) is 53.1 Å². The average molecular weight is 356 g/mol. The molecule has 0 unspecified atom stereocenters. The standard InChI is InChI=1S/C17H29N3O3S/c1-18(2)24(21,22)20-12-11-19(13-17(14-20)15-23-3)10-9-16-7-5-4-6-8-16/h4-8,17H,9-15H2,1-3H3/t17-/m1/s1. The third-order valence-electron chi connectivity index (χ3n) is 4.39. The van der Waals surface area contributed by atoms with Gasteiger partial charge < -0.3 is 9.64 Å². The molecule has 1 heterocycles. The Hall–Kier alpha value is -0.990. The molecule has 7 heteroatoms. The second kappa shape index (κ2) is 8.92. The molecule has 6 nitrogen and oxygen atoms in total. The highest BCUT2D eigenvalue weighted by atomic mass is 32.2. The number of benzene rings is 1. The van der Waals surface area contributed by atoms with Gasteiger partial charge in [0.1, 0.15) is 0 Å². The average Bonchev–Trinajstić information content (AvgIpc) is 2.77. The lowest BCUT2D eigenvalue weighted by molar-refractivity contribution is 0.127. The molecular weight excluding hydrogens is 326 g/mol. The molecule has 2 rings (SSSR count). The maximum atomic E-state index is 12.5. The SMILES string of the molecule is COC[C@@H]1CN(CCc2ccccc2)CCN(S(=O)(=O)N(C)C)C1. The van der Waals surface area contributed by atoms with Gasteiger partial charge in [-0.1, -0.05) is 30.3 Å². The van der Waals surface area contributed by atoms with Crippen LogP contribution in [0.2, 0.25) is 0 Å². The molecule has 136 valence electrons. The summed E-state index contributed by atoms with van der Waals surface area (Å²) >= 11 is 0. The van der Waals surface area contributed by atoms with Crippen LogP contribution in [0.4, 0.5) is 0 Å². The lowest BCUT2D eigenvalue weighted by atomic mass is 10.1. The normalized spacial score (nSPS) is 21.1. The van der Waals surface area contributed by atoms with Crippen molar-refractivity contribution in [2.24, 2.45) is 5.92 Å². The van der Waals surface area contributed by atoms with Crippen molar-refractivity contribution in [3.8, 4) is 0 Å². The van der Waals surface area contributed by atoms with E-state index >= 15 is 0 Å². The van der Waals surface area contributed by atoms with Gasteiger partial charge in [0.25, 0.3) is 10.2 Å². The van der Waals surface area contributed by atoms with Gasteiger partial charge in [-0.05, 0) is 12.0 Å². The summed E-state index contributed by atoms with van der Waals surface area (Å²) in [5, 5.41) is 0. The summed E-state index contributed by atoms with van der Waals surface area (Å²) in [6, 6.07) is 10.4. The van der Waals surface area contributed by atoms with E-state index in [0.29, 0.717) is 19.7 Å². The van der Waals surface area contributed by atoms with Gasteiger partial charge in [0.05, 0.1) is 6.61 Å². The van der Waals surface area contributed by atoms with Gasteiger partial charge in [0, 0.05) is 59.8 Å². The van der Waals surface area contributed by atoms with Crippen molar-refractivity contribution in [3.63, 3.8) is 0 Å². The summed E-state index contributed by atoms with van der Waals surface area (Å²) in [7, 11) is 1.45. The largest absolute Gasteiger partial charge is 0.384 e. The molecule has 1 atom stereocenters. The van der Waals surface area contributed by atoms with Crippen molar-refractivity contribution in [1.29, 1.82) is 0 Å². The Bertz CT molecular complexity index is 592. The first-order valence-electron chi connectivity index (χ1n) is 8.36. The molecule has 0 aliphatic carbocycles. The van der Waals surface area contributed by atoms with Crippen LogP contribution >= 0.6 is 0 Å². The quantitative estimate of drug-likeness (QED) is 0.730. The molecule has 0 N–H and O–H groups in total. The molecule has 0 amide bonds. The van der Waals surface area contributed by atoms with E-state index in [2.05, 4.69) is 29.2 Å². The van der Waals surface area contributed by atoms with Crippen molar-refractivity contribution in [1.82, 2.24) is 13.5 Å². The van der Waals surface area contributed by atoms with Gasteiger partial charge in [0.15, 0.2) is 0 Å². The van der Waals surface area contributed by atoms with E-state index in [4.69, 9.17) is 4.74 Å². The fourth-order valence-corrected chi connectivity index (χ4v) is 4.24. The Labute approximate surface area is 146 Å². The Morgan fingerprint density at radius 1 is 1.17 bits per heavy atom. The smallest absolute Gasteiger partial charge is 0.281 e. The summed E-state index contributed by atoms with van der Waals surface area (Å²) in [5.41, 5.74) is 1.31. The van der Waals surface area contributed by atoms with Gasteiger partial charge in [-0.25, -0.2) is 0 Å². The Kier molecular flexibility index (Phi) is 7.18. The summed E-state index contributed by atoms with van der Waals surface area (Å²) < 4.78 is 33.1. The van der Waals surface area contributed by atoms with Crippen LogP contribution < -0.4 is 0 Å². The van der Waals surface area contributed by atoms with E-state index in [-0.39, 0.29) is 5.92 Å². The Morgan fingerprint density at radius 3 is 2.50 bits per heavy atom. The Morgan fingerprint density at radius 2 is 1.88 bits per heavy atom. The predicted molar refractivity (Wildman–Crippen MR) is 96.1 cm³/mol. The highest BCUT2D eigenvalue weighted by Gasteiger charge is 2.31. The van der Waals surface area contributed by atoms with Crippen LogP contribution in [0.25, 0.3) is 0 Å². The van der Waals surface area contributed by atoms with Crippen molar-refractivity contribution >= 4 is 10.2 Å². The lowest BCUT2D eigenvalue weighted by Gasteiger charge is -2.25. The molecule has 0 bridgehead atoms. The molecule has 0 aromatic heterocycles. The maximum absolute atomic E-state index is 12.5. The minimum Gasteiger partial charge on any atom is -0.384 e. The van der Waals surface area contributed by atoms with Crippen LogP contribution in [-0.4, -0.2) is 82.5 Å². The van der Waals surface area contributed by atoms with E-state index in [1.54, 1.807) is 25.5 Å². The minimum atomic E-state index is -3.38. The van der Waals surface area contributed by atoms with Crippen LogP contribution in [0.5, 0.6) is 0 Å². The number of hydrogen-bond acceptors (Lipinski definition) is 4. The minimum absolute atomic E-state index is 0.183. The van der Waals surface area contributed by atoms with Crippen molar-refractivity contribution < 1.29 is 13.2 Å². The number of rotatable bonds is 7. The molecule has 1 fully saturated rings. The van der Waals surface area contributed by atoms with E-state index in [1.165, 1.54) is 9.87 Å².